The Hall–Kier alpha value is -0.870. The van der Waals surface area contributed by atoms with Crippen LogP contribution in [-0.2, 0) is 10.3 Å². The first-order valence-corrected chi connectivity index (χ1v) is 4.91. The summed E-state index contributed by atoms with van der Waals surface area (Å²) in [4.78, 5) is 4.26. The number of hydrogen-bond acceptors (Lipinski definition) is 4. The van der Waals surface area contributed by atoms with Gasteiger partial charge in [-0.05, 0) is 13.8 Å². The molecule has 0 aromatic carbocycles. The number of hydrogen-bond donors (Lipinski definition) is 1. The second-order valence-electron chi connectivity index (χ2n) is 3.90. The molecule has 4 heteroatoms. The molecule has 1 saturated heterocycles. The molecule has 78 valence electrons. The summed E-state index contributed by atoms with van der Waals surface area (Å²) < 4.78 is 11.3. The van der Waals surface area contributed by atoms with Crippen LogP contribution in [0.15, 0.2) is 4.42 Å². The molecule has 1 unspecified atom stereocenters. The van der Waals surface area contributed by atoms with Gasteiger partial charge in [0.15, 0.2) is 11.7 Å². The maximum atomic E-state index is 5.75. The molecule has 1 aromatic heterocycles. The maximum absolute atomic E-state index is 5.75. The van der Waals surface area contributed by atoms with Crippen LogP contribution >= 0.6 is 0 Å². The van der Waals surface area contributed by atoms with Gasteiger partial charge < -0.3 is 14.5 Å². The van der Waals surface area contributed by atoms with Gasteiger partial charge in [-0.15, -0.1) is 0 Å². The molecule has 1 fully saturated rings. The molecule has 14 heavy (non-hydrogen) atoms. The van der Waals surface area contributed by atoms with Crippen molar-refractivity contribution in [3.05, 3.63) is 17.3 Å². The minimum absolute atomic E-state index is 0.358. The summed E-state index contributed by atoms with van der Waals surface area (Å²) >= 11 is 0. The highest BCUT2D eigenvalue weighted by atomic mass is 16.5. The van der Waals surface area contributed by atoms with E-state index >= 15 is 0 Å². The highest BCUT2D eigenvalue weighted by Crippen LogP contribution is 2.29. The largest absolute Gasteiger partial charge is 0.443 e. The Balaban J connectivity index is 2.32. The van der Waals surface area contributed by atoms with Gasteiger partial charge in [0.2, 0.25) is 0 Å². The van der Waals surface area contributed by atoms with Gasteiger partial charge >= 0.3 is 0 Å². The molecule has 2 rings (SSSR count). The fourth-order valence-corrected chi connectivity index (χ4v) is 1.89. The maximum Gasteiger partial charge on any atom is 0.191 e. The molecule has 0 radical (unpaired) electrons. The summed E-state index contributed by atoms with van der Waals surface area (Å²) in [5.74, 6) is 1.55. The second kappa shape index (κ2) is 3.37. The Morgan fingerprint density at radius 2 is 2.21 bits per heavy atom. The number of morpholine rings is 1. The lowest BCUT2D eigenvalue weighted by atomic mass is 10.0. The number of ether oxygens (including phenoxy) is 1. The van der Waals surface area contributed by atoms with Gasteiger partial charge in [0.25, 0.3) is 0 Å². The van der Waals surface area contributed by atoms with Crippen molar-refractivity contribution in [3.8, 4) is 0 Å². The summed E-state index contributed by atoms with van der Waals surface area (Å²) in [6.45, 7) is 8.25. The molecule has 1 aliphatic heterocycles. The van der Waals surface area contributed by atoms with Crippen LogP contribution < -0.4 is 5.32 Å². The van der Waals surface area contributed by atoms with Crippen molar-refractivity contribution in [2.75, 3.05) is 19.7 Å². The predicted octanol–water partition coefficient (Wildman–Crippen LogP) is 1.13. The lowest BCUT2D eigenvalue weighted by Crippen LogP contribution is -2.45. The molecule has 1 atom stereocenters. The molecule has 4 nitrogen and oxygen atoms in total. The number of oxazole rings is 1. The van der Waals surface area contributed by atoms with E-state index in [1.165, 1.54) is 0 Å². The first-order valence-electron chi connectivity index (χ1n) is 4.91. The van der Waals surface area contributed by atoms with Gasteiger partial charge in [-0.3, -0.25) is 0 Å². The van der Waals surface area contributed by atoms with Crippen molar-refractivity contribution in [2.45, 2.75) is 26.4 Å². The van der Waals surface area contributed by atoms with Gasteiger partial charge in [-0.25, -0.2) is 4.98 Å². The van der Waals surface area contributed by atoms with E-state index < -0.39 is 0 Å². The van der Waals surface area contributed by atoms with Gasteiger partial charge in [0, 0.05) is 20.0 Å². The SMILES string of the molecule is Cc1nc(C)c(C2(C)CNCCO2)o1. The van der Waals surface area contributed by atoms with Crippen molar-refractivity contribution in [1.29, 1.82) is 0 Å². The van der Waals surface area contributed by atoms with Crippen LogP contribution in [0.25, 0.3) is 0 Å². The zero-order chi connectivity index (χ0) is 10.2. The summed E-state index contributed by atoms with van der Waals surface area (Å²) in [7, 11) is 0. The number of rotatable bonds is 1. The summed E-state index contributed by atoms with van der Waals surface area (Å²) in [5.41, 5.74) is 0.567. The van der Waals surface area contributed by atoms with Crippen LogP contribution in [0.2, 0.25) is 0 Å². The van der Waals surface area contributed by atoms with Crippen LogP contribution in [0.5, 0.6) is 0 Å². The van der Waals surface area contributed by atoms with Crippen LogP contribution in [-0.4, -0.2) is 24.7 Å². The number of aromatic nitrogens is 1. The highest BCUT2D eigenvalue weighted by Gasteiger charge is 2.35. The number of nitrogens with one attached hydrogen (secondary N) is 1. The zero-order valence-electron chi connectivity index (χ0n) is 8.89. The minimum Gasteiger partial charge on any atom is -0.443 e. The van der Waals surface area contributed by atoms with Crippen molar-refractivity contribution in [1.82, 2.24) is 10.3 Å². The normalized spacial score (nSPS) is 27.9. The minimum atomic E-state index is -0.358. The monoisotopic (exact) mass is 196 g/mol. The van der Waals surface area contributed by atoms with E-state index in [0.717, 1.165) is 31.2 Å². The van der Waals surface area contributed by atoms with Gasteiger partial charge in [0.1, 0.15) is 5.60 Å². The summed E-state index contributed by atoms with van der Waals surface area (Å²) in [6, 6.07) is 0. The fraction of sp³-hybridized carbons (Fsp3) is 0.700. The molecule has 1 aromatic rings. The molecule has 0 bridgehead atoms. The molecule has 2 heterocycles. The van der Waals surface area contributed by atoms with Crippen LogP contribution in [0, 0.1) is 13.8 Å². The van der Waals surface area contributed by atoms with Crippen molar-refractivity contribution < 1.29 is 9.15 Å². The molecule has 0 spiro atoms. The van der Waals surface area contributed by atoms with Crippen LogP contribution in [0.4, 0.5) is 0 Å². The average molecular weight is 196 g/mol. The van der Waals surface area contributed by atoms with E-state index in [9.17, 15) is 0 Å². The molecule has 0 aliphatic carbocycles. The van der Waals surface area contributed by atoms with E-state index in [-0.39, 0.29) is 5.60 Å². The Morgan fingerprint density at radius 3 is 2.71 bits per heavy atom. The Labute approximate surface area is 83.7 Å². The first-order chi connectivity index (χ1) is 6.62. The van der Waals surface area contributed by atoms with Gasteiger partial charge in [-0.1, -0.05) is 0 Å². The number of nitrogens with zero attached hydrogens (tertiary/aromatic N) is 1. The summed E-state index contributed by atoms with van der Waals surface area (Å²) in [5, 5.41) is 3.30. The van der Waals surface area contributed by atoms with Gasteiger partial charge in [-0.2, -0.15) is 0 Å². The topological polar surface area (TPSA) is 47.3 Å². The molecule has 1 N–H and O–H groups in total. The Morgan fingerprint density at radius 1 is 1.43 bits per heavy atom. The number of aryl methyl sites for hydroxylation is 2. The highest BCUT2D eigenvalue weighted by molar-refractivity contribution is 5.16. The quantitative estimate of drug-likeness (QED) is 0.731. The lowest BCUT2D eigenvalue weighted by Gasteiger charge is -2.32. The van der Waals surface area contributed by atoms with Crippen molar-refractivity contribution in [2.24, 2.45) is 0 Å². The van der Waals surface area contributed by atoms with Crippen molar-refractivity contribution >= 4 is 0 Å². The Bertz CT molecular complexity index is 327. The lowest BCUT2D eigenvalue weighted by molar-refractivity contribution is -0.0714. The third-order valence-electron chi connectivity index (χ3n) is 2.55. The standard InChI is InChI=1S/C10H16N2O2/c1-7-9(14-8(2)12-7)10(3)6-11-4-5-13-10/h11H,4-6H2,1-3H3. The zero-order valence-corrected chi connectivity index (χ0v) is 8.89. The van der Waals surface area contributed by atoms with Gasteiger partial charge in [0.05, 0.1) is 12.3 Å². The first kappa shape index (κ1) is 9.68. The average Bonchev–Trinajstić information content (AvgIpc) is 2.47. The van der Waals surface area contributed by atoms with E-state index in [1.807, 2.05) is 20.8 Å². The van der Waals surface area contributed by atoms with E-state index in [0.29, 0.717) is 5.89 Å². The molecule has 0 amide bonds. The smallest absolute Gasteiger partial charge is 0.191 e. The Kier molecular flexibility index (Phi) is 2.33. The van der Waals surface area contributed by atoms with E-state index in [4.69, 9.17) is 9.15 Å². The third kappa shape index (κ3) is 1.55. The molecule has 0 saturated carbocycles. The van der Waals surface area contributed by atoms with Crippen molar-refractivity contribution in [3.63, 3.8) is 0 Å². The summed E-state index contributed by atoms with van der Waals surface area (Å²) in [6.07, 6.45) is 0. The molecule has 1 aliphatic rings. The van der Waals surface area contributed by atoms with Crippen LogP contribution in [0.1, 0.15) is 24.3 Å². The fourth-order valence-electron chi connectivity index (χ4n) is 1.89. The third-order valence-corrected chi connectivity index (χ3v) is 2.55. The van der Waals surface area contributed by atoms with Crippen LogP contribution in [0.3, 0.4) is 0 Å². The molecular weight excluding hydrogens is 180 g/mol. The van der Waals surface area contributed by atoms with E-state index in [1.54, 1.807) is 0 Å². The second-order valence-corrected chi connectivity index (χ2v) is 3.90. The van der Waals surface area contributed by atoms with E-state index in [2.05, 4.69) is 10.3 Å². The predicted molar refractivity (Wildman–Crippen MR) is 52.2 cm³/mol. The molecular formula is C10H16N2O2.